The third kappa shape index (κ3) is 4.77. The van der Waals surface area contributed by atoms with Crippen molar-refractivity contribution in [1.82, 2.24) is 0 Å². The highest BCUT2D eigenvalue weighted by Crippen LogP contribution is 2.65. The Morgan fingerprint density at radius 3 is 1.55 bits per heavy atom. The molecule has 0 saturated heterocycles. The molecule has 8 aromatic rings. The Bertz CT molecular complexity index is 2840. The lowest BCUT2D eigenvalue weighted by atomic mass is 9.74. The molecular weight excluding hydrogens is 703 g/mol. The number of rotatable bonds is 5. The SMILES string of the molecule is CN1c2ccccc2C(c2cccc3ccccc23)=NC1c1c2c(c(N(c3ccccc3)c3ccccc3)c3c1-c1ccccc1C3(C)C)C(C)(C)c1ccccc1-2. The Kier molecular flexibility index (Phi) is 7.53. The van der Waals surface area contributed by atoms with Gasteiger partial charge in [-0.15, -0.1) is 0 Å². The molecule has 3 nitrogen and oxygen atoms in total. The molecule has 3 aliphatic rings. The molecule has 0 N–H and O–H groups in total. The average molecular weight is 748 g/mol. The van der Waals surface area contributed by atoms with E-state index in [-0.39, 0.29) is 17.0 Å². The van der Waals surface area contributed by atoms with E-state index in [1.54, 1.807) is 0 Å². The Balaban J connectivity index is 1.33. The number of nitrogens with zero attached hydrogens (tertiary/aromatic N) is 3. The van der Waals surface area contributed by atoms with Crippen LogP contribution in [0.4, 0.5) is 22.7 Å². The van der Waals surface area contributed by atoms with Gasteiger partial charge in [-0.25, -0.2) is 0 Å². The van der Waals surface area contributed by atoms with Crippen molar-refractivity contribution in [3.8, 4) is 22.3 Å². The molecule has 58 heavy (non-hydrogen) atoms. The second kappa shape index (κ2) is 12.6. The number of para-hydroxylation sites is 3. The minimum Gasteiger partial charge on any atom is -0.349 e. The lowest BCUT2D eigenvalue weighted by molar-refractivity contribution is 0.635. The van der Waals surface area contributed by atoms with Gasteiger partial charge in [-0.05, 0) is 85.6 Å². The van der Waals surface area contributed by atoms with Crippen LogP contribution in [0.1, 0.15) is 72.8 Å². The summed E-state index contributed by atoms with van der Waals surface area (Å²) in [6.45, 7) is 9.74. The molecule has 0 aromatic heterocycles. The minimum atomic E-state index is -0.328. The highest BCUT2D eigenvalue weighted by Gasteiger charge is 2.50. The van der Waals surface area contributed by atoms with Crippen molar-refractivity contribution < 1.29 is 0 Å². The number of fused-ring (bicyclic) bond motifs is 8. The molecule has 0 saturated carbocycles. The molecule has 1 aliphatic heterocycles. The molecule has 0 fully saturated rings. The van der Waals surface area contributed by atoms with E-state index in [9.17, 15) is 0 Å². The minimum absolute atomic E-state index is 0.314. The van der Waals surface area contributed by atoms with Crippen LogP contribution in [0.25, 0.3) is 33.0 Å². The Labute approximate surface area is 341 Å². The van der Waals surface area contributed by atoms with Crippen molar-refractivity contribution >= 4 is 39.2 Å². The fraction of sp³-hybridized carbons (Fsp3) is 0.145. The third-order valence-electron chi connectivity index (χ3n) is 13.2. The molecule has 1 heterocycles. The first-order chi connectivity index (χ1) is 28.3. The summed E-state index contributed by atoms with van der Waals surface area (Å²) < 4.78 is 0. The van der Waals surface area contributed by atoms with Crippen molar-refractivity contribution in [2.45, 2.75) is 44.7 Å². The zero-order chi connectivity index (χ0) is 39.3. The van der Waals surface area contributed by atoms with Gasteiger partial charge in [0.2, 0.25) is 0 Å². The maximum Gasteiger partial charge on any atom is 0.148 e. The highest BCUT2D eigenvalue weighted by molar-refractivity contribution is 6.22. The zero-order valence-electron chi connectivity index (χ0n) is 33.7. The second-order valence-electron chi connectivity index (χ2n) is 17.1. The fourth-order valence-electron chi connectivity index (χ4n) is 10.6. The second-order valence-corrected chi connectivity index (χ2v) is 17.1. The van der Waals surface area contributed by atoms with Crippen molar-refractivity contribution in [2.24, 2.45) is 4.99 Å². The molecule has 11 rings (SSSR count). The standard InChI is InChI=1S/C55H45N3/c1-54(2)43-32-17-14-28-40(43)46-48(53-56-51(42-30-16-19-34-45(42)57(53)5)39-31-20-22-35-21-12-13-27-38(35)39)47-41-29-15-18-33-44(41)55(3,4)50(47)52(49(46)54)58(36-23-8-6-9-24-36)37-25-10-7-11-26-37/h6-34,53H,1-5H3. The third-order valence-corrected chi connectivity index (χ3v) is 13.2. The summed E-state index contributed by atoms with van der Waals surface area (Å²) in [5, 5.41) is 2.43. The first kappa shape index (κ1) is 34.5. The predicted molar refractivity (Wildman–Crippen MR) is 243 cm³/mol. The van der Waals surface area contributed by atoms with Gasteiger partial charge >= 0.3 is 0 Å². The predicted octanol–water partition coefficient (Wildman–Crippen LogP) is 13.9. The van der Waals surface area contributed by atoms with Crippen LogP contribution in [-0.4, -0.2) is 12.8 Å². The van der Waals surface area contributed by atoms with Crippen LogP contribution in [-0.2, 0) is 10.8 Å². The van der Waals surface area contributed by atoms with Gasteiger partial charge in [-0.2, -0.15) is 0 Å². The summed E-state index contributed by atoms with van der Waals surface area (Å²) in [5.74, 6) is 0. The van der Waals surface area contributed by atoms with Crippen LogP contribution in [0.3, 0.4) is 0 Å². The molecule has 1 atom stereocenters. The molecule has 8 aromatic carbocycles. The van der Waals surface area contributed by atoms with Gasteiger partial charge in [0.05, 0.1) is 11.4 Å². The fourth-order valence-corrected chi connectivity index (χ4v) is 10.6. The van der Waals surface area contributed by atoms with Crippen LogP contribution in [0.15, 0.2) is 181 Å². The van der Waals surface area contributed by atoms with Crippen molar-refractivity contribution in [2.75, 3.05) is 16.8 Å². The summed E-state index contributed by atoms with van der Waals surface area (Å²) in [7, 11) is 2.25. The average Bonchev–Trinajstić information content (AvgIpc) is 3.65. The van der Waals surface area contributed by atoms with Crippen molar-refractivity contribution in [1.29, 1.82) is 0 Å². The van der Waals surface area contributed by atoms with Gasteiger partial charge in [0.1, 0.15) is 6.17 Å². The molecule has 1 unspecified atom stereocenters. The summed E-state index contributed by atoms with van der Waals surface area (Å²) in [6.07, 6.45) is -0.314. The molecule has 0 amide bonds. The quantitative estimate of drug-likeness (QED) is 0.175. The van der Waals surface area contributed by atoms with Crippen LogP contribution in [0, 0.1) is 0 Å². The van der Waals surface area contributed by atoms with Gasteiger partial charge in [-0.3, -0.25) is 4.99 Å². The maximum atomic E-state index is 6.01. The topological polar surface area (TPSA) is 18.8 Å². The Morgan fingerprint density at radius 2 is 0.948 bits per heavy atom. The van der Waals surface area contributed by atoms with Crippen LogP contribution in [0.5, 0.6) is 0 Å². The van der Waals surface area contributed by atoms with E-state index in [0.717, 1.165) is 28.2 Å². The van der Waals surface area contributed by atoms with Gasteiger partial charge < -0.3 is 9.80 Å². The maximum absolute atomic E-state index is 6.01. The number of anilines is 4. The molecule has 0 radical (unpaired) electrons. The van der Waals surface area contributed by atoms with Crippen LogP contribution < -0.4 is 9.80 Å². The molecule has 0 bridgehead atoms. The van der Waals surface area contributed by atoms with E-state index >= 15 is 0 Å². The monoisotopic (exact) mass is 747 g/mol. The van der Waals surface area contributed by atoms with E-state index < -0.39 is 0 Å². The van der Waals surface area contributed by atoms with Gasteiger partial charge in [0.25, 0.3) is 0 Å². The normalized spacial score (nSPS) is 16.5. The zero-order valence-corrected chi connectivity index (χ0v) is 33.7. The largest absolute Gasteiger partial charge is 0.349 e. The summed E-state index contributed by atoms with van der Waals surface area (Å²) in [4.78, 5) is 11.0. The molecule has 3 heteroatoms. The van der Waals surface area contributed by atoms with Gasteiger partial charge in [0.15, 0.2) is 0 Å². The number of hydrogen-bond acceptors (Lipinski definition) is 3. The summed E-state index contributed by atoms with van der Waals surface area (Å²) in [5.41, 5.74) is 19.3. The van der Waals surface area contributed by atoms with E-state index in [4.69, 9.17) is 4.99 Å². The Morgan fingerprint density at radius 1 is 0.483 bits per heavy atom. The van der Waals surface area contributed by atoms with Crippen molar-refractivity contribution in [3.05, 3.63) is 215 Å². The van der Waals surface area contributed by atoms with E-state index in [1.165, 1.54) is 72.2 Å². The number of hydrogen-bond donors (Lipinski definition) is 0. The molecule has 0 spiro atoms. The highest BCUT2D eigenvalue weighted by atomic mass is 15.2. The van der Waals surface area contributed by atoms with E-state index in [0.29, 0.717) is 0 Å². The summed E-state index contributed by atoms with van der Waals surface area (Å²) in [6, 6.07) is 64.4. The van der Waals surface area contributed by atoms with E-state index in [2.05, 4.69) is 220 Å². The number of aliphatic imine (C=N–C) groups is 1. The van der Waals surface area contributed by atoms with Gasteiger partial charge in [0, 0.05) is 51.6 Å². The first-order valence-electron chi connectivity index (χ1n) is 20.5. The molecular formula is C55H45N3. The van der Waals surface area contributed by atoms with Gasteiger partial charge in [-0.1, -0.05) is 173 Å². The summed E-state index contributed by atoms with van der Waals surface area (Å²) >= 11 is 0. The smallest absolute Gasteiger partial charge is 0.148 e. The van der Waals surface area contributed by atoms with Crippen LogP contribution in [0.2, 0.25) is 0 Å². The Hall–Kier alpha value is -6.71. The molecule has 2 aliphatic carbocycles. The first-order valence-corrected chi connectivity index (χ1v) is 20.5. The molecule has 280 valence electrons. The van der Waals surface area contributed by atoms with E-state index in [1.807, 2.05) is 0 Å². The lowest BCUT2D eigenvalue weighted by Crippen LogP contribution is -2.32. The number of benzene rings is 8. The lowest BCUT2D eigenvalue weighted by Gasteiger charge is -2.40. The van der Waals surface area contributed by atoms with Crippen molar-refractivity contribution in [3.63, 3.8) is 0 Å². The van der Waals surface area contributed by atoms with Crippen LogP contribution >= 0.6 is 0 Å².